The lowest BCUT2D eigenvalue weighted by Gasteiger charge is -2.40. The molecule has 112 valence electrons. The molecule has 3 rings (SSSR count). The van der Waals surface area contributed by atoms with Crippen LogP contribution in [0.15, 0.2) is 30.3 Å². The number of aromatic nitrogens is 1. The van der Waals surface area contributed by atoms with Gasteiger partial charge in [0.1, 0.15) is 5.82 Å². The van der Waals surface area contributed by atoms with Crippen molar-refractivity contribution in [2.45, 2.75) is 31.9 Å². The van der Waals surface area contributed by atoms with E-state index >= 15 is 0 Å². The molecule has 1 aliphatic heterocycles. The number of fused-ring (bicyclic) bond motifs is 1. The summed E-state index contributed by atoms with van der Waals surface area (Å²) in [4.78, 5) is 7.14. The third-order valence-electron chi connectivity index (χ3n) is 4.48. The number of ether oxygens (including phenoxy) is 1. The molecule has 0 radical (unpaired) electrons. The van der Waals surface area contributed by atoms with Gasteiger partial charge in [-0.05, 0) is 37.5 Å². The van der Waals surface area contributed by atoms with Crippen molar-refractivity contribution in [3.8, 4) is 0 Å². The summed E-state index contributed by atoms with van der Waals surface area (Å²) in [6.45, 7) is 4.60. The Morgan fingerprint density at radius 3 is 2.95 bits per heavy atom. The van der Waals surface area contributed by atoms with Crippen LogP contribution in [0.1, 0.15) is 25.3 Å². The van der Waals surface area contributed by atoms with Crippen molar-refractivity contribution in [2.24, 2.45) is 5.73 Å². The first-order valence-corrected chi connectivity index (χ1v) is 7.54. The van der Waals surface area contributed by atoms with Crippen LogP contribution in [0.4, 0.5) is 5.82 Å². The van der Waals surface area contributed by atoms with Crippen LogP contribution in [0.5, 0.6) is 0 Å². The Morgan fingerprint density at radius 2 is 2.19 bits per heavy atom. The summed E-state index contributed by atoms with van der Waals surface area (Å²) in [6, 6.07) is 10.3. The second kappa shape index (κ2) is 5.62. The fourth-order valence-electron chi connectivity index (χ4n) is 3.13. The number of nitrogens with two attached hydrogens (primary N) is 1. The highest BCUT2D eigenvalue weighted by Gasteiger charge is 2.31. The second-order valence-corrected chi connectivity index (χ2v) is 6.04. The van der Waals surface area contributed by atoms with Gasteiger partial charge in [0, 0.05) is 32.1 Å². The zero-order valence-electron chi connectivity index (χ0n) is 12.8. The van der Waals surface area contributed by atoms with Gasteiger partial charge in [-0.1, -0.05) is 18.2 Å². The molecule has 0 spiro atoms. The Hall–Kier alpha value is -1.65. The summed E-state index contributed by atoms with van der Waals surface area (Å²) in [5, 5.41) is 1.15. The molecular weight excluding hydrogens is 262 g/mol. The largest absolute Gasteiger partial charge is 0.377 e. The minimum atomic E-state index is -0.0888. The molecule has 4 heteroatoms. The van der Waals surface area contributed by atoms with E-state index in [1.807, 2.05) is 12.1 Å². The van der Waals surface area contributed by atoms with E-state index in [9.17, 15) is 0 Å². The van der Waals surface area contributed by atoms with Crippen LogP contribution in [0, 0.1) is 0 Å². The monoisotopic (exact) mass is 285 g/mol. The highest BCUT2D eigenvalue weighted by atomic mass is 16.5. The average Bonchev–Trinajstić information content (AvgIpc) is 2.54. The molecule has 0 saturated carbocycles. The van der Waals surface area contributed by atoms with Gasteiger partial charge in [0.25, 0.3) is 0 Å². The van der Waals surface area contributed by atoms with Crippen LogP contribution in [-0.2, 0) is 11.3 Å². The van der Waals surface area contributed by atoms with Crippen LogP contribution < -0.4 is 10.6 Å². The van der Waals surface area contributed by atoms with Gasteiger partial charge in [0.05, 0.1) is 11.1 Å². The maximum Gasteiger partial charge on any atom is 0.129 e. The van der Waals surface area contributed by atoms with Crippen molar-refractivity contribution in [1.29, 1.82) is 0 Å². The van der Waals surface area contributed by atoms with Crippen molar-refractivity contribution in [3.05, 3.63) is 35.9 Å². The summed E-state index contributed by atoms with van der Waals surface area (Å²) in [5.74, 6) is 1.01. The van der Waals surface area contributed by atoms with E-state index in [1.54, 1.807) is 7.11 Å². The molecular formula is C17H23N3O. The molecule has 0 bridgehead atoms. The number of methoxy groups -OCH3 is 1. The van der Waals surface area contributed by atoms with Gasteiger partial charge in [-0.3, -0.25) is 0 Å². The molecule has 1 aromatic heterocycles. The normalized spacial score (nSPS) is 22.7. The number of para-hydroxylation sites is 1. The molecule has 1 saturated heterocycles. The Morgan fingerprint density at radius 1 is 1.38 bits per heavy atom. The molecule has 0 amide bonds. The van der Waals surface area contributed by atoms with E-state index in [-0.39, 0.29) is 5.60 Å². The van der Waals surface area contributed by atoms with Crippen LogP contribution in [-0.4, -0.2) is 30.8 Å². The molecule has 1 unspecified atom stereocenters. The number of piperidine rings is 1. The van der Waals surface area contributed by atoms with Gasteiger partial charge in [-0.25, -0.2) is 4.98 Å². The lowest BCUT2D eigenvalue weighted by Crippen LogP contribution is -2.47. The Labute approximate surface area is 125 Å². The molecule has 4 nitrogen and oxygen atoms in total. The summed E-state index contributed by atoms with van der Waals surface area (Å²) in [6.07, 6.45) is 2.22. The molecule has 0 aliphatic carbocycles. The van der Waals surface area contributed by atoms with Crippen LogP contribution in [0.25, 0.3) is 10.9 Å². The number of rotatable bonds is 3. The van der Waals surface area contributed by atoms with Crippen molar-refractivity contribution < 1.29 is 4.74 Å². The quantitative estimate of drug-likeness (QED) is 0.942. The van der Waals surface area contributed by atoms with Crippen LogP contribution in [0.2, 0.25) is 0 Å². The molecule has 1 atom stereocenters. The molecule has 1 aromatic carbocycles. The summed E-state index contributed by atoms with van der Waals surface area (Å²) < 4.78 is 5.68. The Kier molecular flexibility index (Phi) is 3.83. The maximum atomic E-state index is 5.92. The number of pyridine rings is 1. The van der Waals surface area contributed by atoms with Gasteiger partial charge in [-0.2, -0.15) is 0 Å². The maximum absolute atomic E-state index is 5.92. The first kappa shape index (κ1) is 14.3. The van der Waals surface area contributed by atoms with Gasteiger partial charge >= 0.3 is 0 Å². The molecule has 2 heterocycles. The predicted octanol–water partition coefficient (Wildman–Crippen LogP) is 2.70. The Balaban J connectivity index is 2.00. The molecule has 2 N–H and O–H groups in total. The first-order chi connectivity index (χ1) is 10.1. The highest BCUT2D eigenvalue weighted by molar-refractivity contribution is 5.84. The topological polar surface area (TPSA) is 51.4 Å². The minimum Gasteiger partial charge on any atom is -0.377 e. The van der Waals surface area contributed by atoms with Crippen molar-refractivity contribution in [2.75, 3.05) is 25.1 Å². The molecule has 1 aliphatic rings. The lowest BCUT2D eigenvalue weighted by atomic mass is 9.94. The van der Waals surface area contributed by atoms with Crippen LogP contribution in [0.3, 0.4) is 0 Å². The van der Waals surface area contributed by atoms with Gasteiger partial charge < -0.3 is 15.4 Å². The zero-order valence-corrected chi connectivity index (χ0v) is 12.8. The SMILES string of the molecule is COC1(C)CCCN(c2cc(CN)c3ccccc3n2)C1. The zero-order chi connectivity index (χ0) is 14.9. The number of hydrogen-bond donors (Lipinski definition) is 1. The minimum absolute atomic E-state index is 0.0888. The number of benzene rings is 1. The summed E-state index contributed by atoms with van der Waals surface area (Å²) in [7, 11) is 1.79. The summed E-state index contributed by atoms with van der Waals surface area (Å²) in [5.41, 5.74) is 8.00. The van der Waals surface area contributed by atoms with Gasteiger partial charge in [0.2, 0.25) is 0 Å². The Bertz CT molecular complexity index is 643. The fraction of sp³-hybridized carbons (Fsp3) is 0.471. The van der Waals surface area contributed by atoms with Gasteiger partial charge in [0.15, 0.2) is 0 Å². The van der Waals surface area contributed by atoms with Crippen molar-refractivity contribution >= 4 is 16.7 Å². The van der Waals surface area contributed by atoms with Crippen molar-refractivity contribution in [3.63, 3.8) is 0 Å². The lowest BCUT2D eigenvalue weighted by molar-refractivity contribution is -0.00480. The first-order valence-electron chi connectivity index (χ1n) is 7.54. The molecule has 21 heavy (non-hydrogen) atoms. The van der Waals surface area contributed by atoms with E-state index in [2.05, 4.69) is 30.0 Å². The van der Waals surface area contributed by atoms with E-state index in [0.29, 0.717) is 6.54 Å². The third-order valence-corrected chi connectivity index (χ3v) is 4.48. The number of hydrogen-bond acceptors (Lipinski definition) is 4. The molecule has 2 aromatic rings. The van der Waals surface area contributed by atoms with E-state index < -0.39 is 0 Å². The van der Waals surface area contributed by atoms with Gasteiger partial charge in [-0.15, -0.1) is 0 Å². The molecule has 1 fully saturated rings. The predicted molar refractivity (Wildman–Crippen MR) is 86.5 cm³/mol. The fourth-order valence-corrected chi connectivity index (χ4v) is 3.13. The van der Waals surface area contributed by atoms with E-state index in [0.717, 1.165) is 48.2 Å². The average molecular weight is 285 g/mol. The second-order valence-electron chi connectivity index (χ2n) is 6.04. The number of nitrogens with zero attached hydrogens (tertiary/aromatic N) is 2. The third kappa shape index (κ3) is 2.74. The summed E-state index contributed by atoms with van der Waals surface area (Å²) >= 11 is 0. The van der Waals surface area contributed by atoms with E-state index in [4.69, 9.17) is 15.5 Å². The van der Waals surface area contributed by atoms with Crippen LogP contribution >= 0.6 is 0 Å². The highest BCUT2D eigenvalue weighted by Crippen LogP contribution is 2.29. The van der Waals surface area contributed by atoms with E-state index in [1.165, 1.54) is 0 Å². The standard InChI is InChI=1S/C17H23N3O/c1-17(21-2)8-5-9-20(12-17)16-10-13(11-18)14-6-3-4-7-15(14)19-16/h3-4,6-7,10H,5,8-9,11-12,18H2,1-2H3. The smallest absolute Gasteiger partial charge is 0.129 e. The van der Waals surface area contributed by atoms with Crippen molar-refractivity contribution in [1.82, 2.24) is 4.98 Å². The number of anilines is 1.